The van der Waals surface area contributed by atoms with Crippen LogP contribution in [0, 0.1) is 5.92 Å². The molecule has 0 spiro atoms. The molecule has 9 heteroatoms. The zero-order chi connectivity index (χ0) is 20.1. The molecule has 3 rings (SSSR count). The van der Waals surface area contributed by atoms with Crippen molar-refractivity contribution in [1.29, 1.82) is 0 Å². The number of thiazole rings is 1. The molecule has 1 atom stereocenters. The fraction of sp³-hybridized carbons (Fsp3) is 0.421. The van der Waals surface area contributed by atoms with E-state index >= 15 is 0 Å². The van der Waals surface area contributed by atoms with Gasteiger partial charge in [-0.25, -0.2) is 4.98 Å². The van der Waals surface area contributed by atoms with Crippen molar-refractivity contribution >= 4 is 52.2 Å². The average Bonchev–Trinajstić information content (AvgIpc) is 3.12. The van der Waals surface area contributed by atoms with Gasteiger partial charge in [0, 0.05) is 37.6 Å². The number of nitrogens with one attached hydrogen (secondary N) is 1. The summed E-state index contributed by atoms with van der Waals surface area (Å²) in [6, 6.07) is 5.31. The Labute approximate surface area is 177 Å². The van der Waals surface area contributed by atoms with Crippen LogP contribution >= 0.6 is 34.5 Å². The van der Waals surface area contributed by atoms with Crippen molar-refractivity contribution < 1.29 is 14.3 Å². The Morgan fingerprint density at radius 1 is 1.36 bits per heavy atom. The molecule has 2 heterocycles. The molecule has 6 nitrogen and oxygen atoms in total. The van der Waals surface area contributed by atoms with Gasteiger partial charge in [0.05, 0.1) is 10.0 Å². The lowest BCUT2D eigenvalue weighted by Crippen LogP contribution is -2.42. The summed E-state index contributed by atoms with van der Waals surface area (Å²) in [6.07, 6.45) is 2.18. The number of hydrogen-bond donors (Lipinski definition) is 1. The quantitative estimate of drug-likeness (QED) is 0.723. The van der Waals surface area contributed by atoms with Gasteiger partial charge in [0.15, 0.2) is 0 Å². The molecule has 2 aromatic rings. The Hall–Kier alpha value is -1.67. The number of ether oxygens (including phenoxy) is 1. The van der Waals surface area contributed by atoms with Crippen molar-refractivity contribution in [2.24, 2.45) is 5.92 Å². The molecular formula is C19H21Cl2N3O3S. The van der Waals surface area contributed by atoms with Gasteiger partial charge < -0.3 is 15.0 Å². The summed E-state index contributed by atoms with van der Waals surface area (Å²) in [7, 11) is 1.51. The Morgan fingerprint density at radius 2 is 2.18 bits per heavy atom. The molecule has 1 aliphatic heterocycles. The van der Waals surface area contributed by atoms with Crippen LogP contribution < -0.4 is 5.32 Å². The summed E-state index contributed by atoms with van der Waals surface area (Å²) in [5.41, 5.74) is 0.847. The van der Waals surface area contributed by atoms with Gasteiger partial charge in [0.2, 0.25) is 11.8 Å². The third kappa shape index (κ3) is 5.44. The highest BCUT2D eigenvalue weighted by molar-refractivity contribution is 7.13. The van der Waals surface area contributed by atoms with E-state index in [9.17, 15) is 9.59 Å². The summed E-state index contributed by atoms with van der Waals surface area (Å²) in [5.74, 6) is 0.525. The predicted octanol–water partition coefficient (Wildman–Crippen LogP) is 4.33. The topological polar surface area (TPSA) is 71.5 Å². The first kappa shape index (κ1) is 21.0. The van der Waals surface area contributed by atoms with Gasteiger partial charge in [-0.05, 0) is 30.9 Å². The first-order valence-electron chi connectivity index (χ1n) is 8.93. The zero-order valence-corrected chi connectivity index (χ0v) is 17.7. The smallest absolute Gasteiger partial charge is 0.248 e. The maximum absolute atomic E-state index is 12.4. The lowest BCUT2D eigenvalue weighted by molar-refractivity contribution is -0.137. The molecule has 1 saturated heterocycles. The number of rotatable bonds is 6. The fourth-order valence-electron chi connectivity index (χ4n) is 3.22. The van der Waals surface area contributed by atoms with Crippen LogP contribution in [0.2, 0.25) is 10.0 Å². The van der Waals surface area contributed by atoms with Crippen LogP contribution in [0.3, 0.4) is 0 Å². The van der Waals surface area contributed by atoms with Crippen molar-refractivity contribution in [2.75, 3.05) is 32.1 Å². The molecule has 2 amide bonds. The van der Waals surface area contributed by atoms with Gasteiger partial charge in [-0.2, -0.15) is 0 Å². The molecule has 1 unspecified atom stereocenters. The molecule has 0 aliphatic carbocycles. The van der Waals surface area contributed by atoms with Gasteiger partial charge in [-0.15, -0.1) is 11.3 Å². The number of halogens is 2. The number of piperidine rings is 1. The summed E-state index contributed by atoms with van der Waals surface area (Å²) in [4.78, 5) is 30.6. The van der Waals surface area contributed by atoms with Gasteiger partial charge >= 0.3 is 0 Å². The standard InChI is InChI=1S/C19H21Cl2N3O3S/c1-27-10-18(26)24-6-2-3-12(9-24)7-17(25)22-16-11-28-19(23-16)13-4-5-14(20)15(21)8-13/h4-5,8,11-12H,2-3,6-7,9-10H2,1H3,(H,22,25). The normalized spacial score (nSPS) is 16.8. The number of methoxy groups -OCH3 is 1. The van der Waals surface area contributed by atoms with Gasteiger partial charge in [-0.1, -0.05) is 29.3 Å². The minimum absolute atomic E-state index is 0.0293. The molecule has 0 radical (unpaired) electrons. The Kier molecular flexibility index (Phi) is 7.29. The maximum atomic E-state index is 12.4. The Morgan fingerprint density at radius 3 is 2.93 bits per heavy atom. The minimum atomic E-state index is -0.1000. The predicted molar refractivity (Wildman–Crippen MR) is 112 cm³/mol. The number of carbonyl (C=O) groups excluding carboxylic acids is 2. The molecule has 0 bridgehead atoms. The molecule has 150 valence electrons. The maximum Gasteiger partial charge on any atom is 0.248 e. The number of nitrogens with zero attached hydrogens (tertiary/aromatic N) is 2. The van der Waals surface area contributed by atoms with E-state index in [4.69, 9.17) is 27.9 Å². The molecule has 28 heavy (non-hydrogen) atoms. The van der Waals surface area contributed by atoms with E-state index in [2.05, 4.69) is 10.3 Å². The van der Waals surface area contributed by atoms with Crippen molar-refractivity contribution in [3.63, 3.8) is 0 Å². The van der Waals surface area contributed by atoms with Crippen LogP contribution in [0.5, 0.6) is 0 Å². The number of aromatic nitrogens is 1. The second kappa shape index (κ2) is 9.69. The first-order valence-corrected chi connectivity index (χ1v) is 10.6. The van der Waals surface area contributed by atoms with Crippen LogP contribution in [0.25, 0.3) is 10.6 Å². The zero-order valence-electron chi connectivity index (χ0n) is 15.4. The van der Waals surface area contributed by atoms with E-state index in [0.717, 1.165) is 30.0 Å². The summed E-state index contributed by atoms with van der Waals surface area (Å²) in [5, 5.41) is 6.35. The monoisotopic (exact) mass is 441 g/mol. The van der Waals surface area contributed by atoms with E-state index in [1.54, 1.807) is 22.4 Å². The number of hydrogen-bond acceptors (Lipinski definition) is 5. The lowest BCUT2D eigenvalue weighted by Gasteiger charge is -2.32. The second-order valence-corrected chi connectivity index (χ2v) is 8.37. The van der Waals surface area contributed by atoms with Crippen molar-refractivity contribution in [3.05, 3.63) is 33.6 Å². The van der Waals surface area contributed by atoms with Gasteiger partial charge in [0.25, 0.3) is 0 Å². The minimum Gasteiger partial charge on any atom is -0.375 e. The first-order chi connectivity index (χ1) is 13.5. The van der Waals surface area contributed by atoms with Crippen LogP contribution in [0.1, 0.15) is 19.3 Å². The van der Waals surface area contributed by atoms with Gasteiger partial charge in [-0.3, -0.25) is 9.59 Å². The molecule has 1 fully saturated rings. The second-order valence-electron chi connectivity index (χ2n) is 6.70. The van der Waals surface area contributed by atoms with Crippen LogP contribution in [0.4, 0.5) is 5.82 Å². The largest absolute Gasteiger partial charge is 0.375 e. The van der Waals surface area contributed by atoms with E-state index < -0.39 is 0 Å². The highest BCUT2D eigenvalue weighted by Crippen LogP contribution is 2.31. The van der Waals surface area contributed by atoms with Crippen LogP contribution in [0.15, 0.2) is 23.6 Å². The molecule has 0 saturated carbocycles. The average molecular weight is 442 g/mol. The number of carbonyl (C=O) groups is 2. The number of amides is 2. The third-order valence-electron chi connectivity index (χ3n) is 4.55. The van der Waals surface area contributed by atoms with E-state index in [-0.39, 0.29) is 24.3 Å². The number of likely N-dealkylation sites (tertiary alicyclic amines) is 1. The highest BCUT2D eigenvalue weighted by atomic mass is 35.5. The molecule has 1 aliphatic rings. The van der Waals surface area contributed by atoms with Crippen molar-refractivity contribution in [2.45, 2.75) is 19.3 Å². The summed E-state index contributed by atoms with van der Waals surface area (Å²) in [6.45, 7) is 1.38. The van der Waals surface area contributed by atoms with Crippen molar-refractivity contribution in [1.82, 2.24) is 9.88 Å². The Balaban J connectivity index is 1.56. The third-order valence-corrected chi connectivity index (χ3v) is 6.18. The van der Waals surface area contributed by atoms with E-state index in [1.807, 2.05) is 6.07 Å². The molecule has 1 aromatic carbocycles. The van der Waals surface area contributed by atoms with Crippen LogP contribution in [-0.4, -0.2) is 48.5 Å². The van der Waals surface area contributed by atoms with E-state index in [0.29, 0.717) is 28.8 Å². The summed E-state index contributed by atoms with van der Waals surface area (Å²) < 4.78 is 4.91. The highest BCUT2D eigenvalue weighted by Gasteiger charge is 2.25. The molecule has 1 aromatic heterocycles. The summed E-state index contributed by atoms with van der Waals surface area (Å²) >= 11 is 13.4. The lowest BCUT2D eigenvalue weighted by atomic mass is 9.94. The van der Waals surface area contributed by atoms with Gasteiger partial charge in [0.1, 0.15) is 17.4 Å². The van der Waals surface area contributed by atoms with Crippen LogP contribution in [-0.2, 0) is 14.3 Å². The SMILES string of the molecule is COCC(=O)N1CCCC(CC(=O)Nc2csc(-c3ccc(Cl)c(Cl)c3)n2)C1. The van der Waals surface area contributed by atoms with Crippen molar-refractivity contribution in [3.8, 4) is 10.6 Å². The fourth-order valence-corrected chi connectivity index (χ4v) is 4.27. The van der Waals surface area contributed by atoms with E-state index in [1.165, 1.54) is 18.4 Å². The number of benzene rings is 1. The molecule has 1 N–H and O–H groups in total. The Bertz CT molecular complexity index is 859. The number of anilines is 1. The molecular weight excluding hydrogens is 421 g/mol.